The highest BCUT2D eigenvalue weighted by Crippen LogP contribution is 2.37. The van der Waals surface area contributed by atoms with E-state index in [-0.39, 0.29) is 41.2 Å². The number of nitrogens with one attached hydrogen (secondary N) is 3. The van der Waals surface area contributed by atoms with Crippen LogP contribution in [-0.2, 0) is 19.6 Å². The predicted octanol–water partition coefficient (Wildman–Crippen LogP) is -0.284. The SMILES string of the molecule is CCC1(C)CCC(F)CNC(C(C(=O)NC2CNCCC2N2CCC(S(=O)(=O)N3CCOCC3)CC2)C(N)N)C1. The van der Waals surface area contributed by atoms with E-state index in [2.05, 4.69) is 34.7 Å². The Kier molecular flexibility index (Phi) is 11.2. The Morgan fingerprint density at radius 3 is 2.48 bits per heavy atom. The minimum absolute atomic E-state index is 0.0910. The van der Waals surface area contributed by atoms with Gasteiger partial charge in [0.2, 0.25) is 15.9 Å². The molecule has 4 heterocycles. The molecule has 6 atom stereocenters. The molecule has 4 fully saturated rings. The number of amides is 1. The van der Waals surface area contributed by atoms with Gasteiger partial charge < -0.3 is 32.2 Å². The summed E-state index contributed by atoms with van der Waals surface area (Å²) in [6, 6.07) is -0.386. The largest absolute Gasteiger partial charge is 0.379 e. The Bertz CT molecular complexity index is 930. The maximum Gasteiger partial charge on any atom is 0.227 e. The van der Waals surface area contributed by atoms with E-state index < -0.39 is 28.3 Å². The van der Waals surface area contributed by atoms with Gasteiger partial charge in [0.1, 0.15) is 6.17 Å². The Morgan fingerprint density at radius 2 is 1.82 bits per heavy atom. The van der Waals surface area contributed by atoms with Gasteiger partial charge in [0.05, 0.1) is 36.6 Å². The van der Waals surface area contributed by atoms with Gasteiger partial charge in [0.25, 0.3) is 0 Å². The van der Waals surface area contributed by atoms with E-state index in [0.29, 0.717) is 71.6 Å². The zero-order valence-corrected chi connectivity index (χ0v) is 25.1. The van der Waals surface area contributed by atoms with Gasteiger partial charge in [-0.1, -0.05) is 20.3 Å². The number of alkyl halides is 1. The summed E-state index contributed by atoms with van der Waals surface area (Å²) in [7, 11) is -3.34. The van der Waals surface area contributed by atoms with Crippen molar-refractivity contribution in [3.63, 3.8) is 0 Å². The Labute approximate surface area is 239 Å². The highest BCUT2D eigenvalue weighted by molar-refractivity contribution is 7.89. The lowest BCUT2D eigenvalue weighted by Crippen LogP contribution is -2.65. The van der Waals surface area contributed by atoms with Crippen LogP contribution in [0.25, 0.3) is 0 Å². The van der Waals surface area contributed by atoms with Crippen molar-refractivity contribution in [1.29, 1.82) is 0 Å². The van der Waals surface area contributed by atoms with Crippen molar-refractivity contribution in [2.24, 2.45) is 22.8 Å². The van der Waals surface area contributed by atoms with Crippen LogP contribution in [0, 0.1) is 11.3 Å². The molecule has 0 radical (unpaired) electrons. The second-order valence-electron chi connectivity index (χ2n) is 12.6. The standard InChI is InChI=1S/C27H52FN7O4S/c1-3-27(2)8-4-19(28)17-32-21(16-27)24(25(29)30)26(36)33-22-18-31-9-5-23(22)34-10-6-20(7-11-34)40(37,38)35-12-14-39-15-13-35/h19-25,31-32H,3-18,29-30H2,1-2H3,(H,33,36). The van der Waals surface area contributed by atoms with Gasteiger partial charge in [-0.25, -0.2) is 12.8 Å². The van der Waals surface area contributed by atoms with Gasteiger partial charge in [-0.3, -0.25) is 9.69 Å². The van der Waals surface area contributed by atoms with Crippen molar-refractivity contribution >= 4 is 15.9 Å². The van der Waals surface area contributed by atoms with Gasteiger partial charge >= 0.3 is 0 Å². The van der Waals surface area contributed by atoms with Crippen molar-refractivity contribution in [1.82, 2.24) is 25.2 Å². The Morgan fingerprint density at radius 1 is 1.12 bits per heavy atom. The first-order valence-corrected chi connectivity index (χ1v) is 16.7. The number of nitrogens with two attached hydrogens (primary N) is 2. The molecule has 7 N–H and O–H groups in total. The van der Waals surface area contributed by atoms with E-state index in [1.807, 2.05) is 0 Å². The molecular formula is C27H52FN7O4S. The van der Waals surface area contributed by atoms with E-state index in [9.17, 15) is 17.6 Å². The number of carbonyl (C=O) groups is 1. The van der Waals surface area contributed by atoms with Crippen LogP contribution in [0.4, 0.5) is 4.39 Å². The molecule has 11 nitrogen and oxygen atoms in total. The lowest BCUT2D eigenvalue weighted by atomic mass is 9.73. The average molecular weight is 590 g/mol. The van der Waals surface area contributed by atoms with E-state index >= 15 is 0 Å². The molecule has 4 aliphatic rings. The monoisotopic (exact) mass is 589 g/mol. The van der Waals surface area contributed by atoms with Crippen LogP contribution >= 0.6 is 0 Å². The maximum absolute atomic E-state index is 14.5. The topological polar surface area (TPSA) is 155 Å². The average Bonchev–Trinajstić information content (AvgIpc) is 2.95. The molecule has 4 rings (SSSR count). The third-order valence-electron chi connectivity index (χ3n) is 9.85. The summed E-state index contributed by atoms with van der Waals surface area (Å²) >= 11 is 0. The summed E-state index contributed by atoms with van der Waals surface area (Å²) in [5, 5.41) is 9.56. The second kappa shape index (κ2) is 14.0. The van der Waals surface area contributed by atoms with Crippen LogP contribution in [0.5, 0.6) is 0 Å². The van der Waals surface area contributed by atoms with E-state index in [0.717, 1.165) is 25.8 Å². The summed E-state index contributed by atoms with van der Waals surface area (Å²) in [6.45, 7) is 8.99. The number of carbonyl (C=O) groups excluding carboxylic acids is 1. The van der Waals surface area contributed by atoms with Crippen molar-refractivity contribution in [2.75, 3.05) is 59.0 Å². The number of ether oxygens (including phenoxy) is 1. The predicted molar refractivity (Wildman–Crippen MR) is 154 cm³/mol. The van der Waals surface area contributed by atoms with E-state index in [1.165, 1.54) is 0 Å². The fraction of sp³-hybridized carbons (Fsp3) is 0.963. The number of halogens is 1. The van der Waals surface area contributed by atoms with E-state index in [4.69, 9.17) is 16.2 Å². The molecule has 4 aliphatic heterocycles. The molecule has 1 amide bonds. The lowest BCUT2D eigenvalue weighted by molar-refractivity contribution is -0.128. The molecule has 4 saturated heterocycles. The molecule has 232 valence electrons. The minimum Gasteiger partial charge on any atom is -0.379 e. The molecular weight excluding hydrogens is 537 g/mol. The summed E-state index contributed by atoms with van der Waals surface area (Å²) in [5.41, 5.74) is 12.3. The molecule has 0 bridgehead atoms. The molecule has 0 aromatic heterocycles. The van der Waals surface area contributed by atoms with Gasteiger partial charge in [0, 0.05) is 38.3 Å². The minimum atomic E-state index is -3.34. The molecule has 0 aliphatic carbocycles. The number of hydrogen-bond acceptors (Lipinski definition) is 9. The molecule has 40 heavy (non-hydrogen) atoms. The smallest absolute Gasteiger partial charge is 0.227 e. The number of sulfonamides is 1. The van der Waals surface area contributed by atoms with Gasteiger partial charge in [-0.05, 0) is 63.6 Å². The third kappa shape index (κ3) is 7.71. The maximum atomic E-state index is 14.5. The third-order valence-corrected chi connectivity index (χ3v) is 12.2. The van der Waals surface area contributed by atoms with Crippen LogP contribution in [0.15, 0.2) is 0 Å². The zero-order valence-electron chi connectivity index (χ0n) is 24.3. The first-order valence-electron chi connectivity index (χ1n) is 15.2. The van der Waals surface area contributed by atoms with Crippen molar-refractivity contribution in [2.45, 2.75) is 94.5 Å². The van der Waals surface area contributed by atoms with Crippen molar-refractivity contribution in [3.05, 3.63) is 0 Å². The van der Waals surface area contributed by atoms with Gasteiger partial charge in [0.15, 0.2) is 0 Å². The summed E-state index contributed by atoms with van der Waals surface area (Å²) < 4.78 is 47.8. The summed E-state index contributed by atoms with van der Waals surface area (Å²) in [5.74, 6) is -0.895. The van der Waals surface area contributed by atoms with Crippen LogP contribution in [0.1, 0.15) is 58.8 Å². The number of hydrogen-bond donors (Lipinski definition) is 5. The lowest BCUT2D eigenvalue weighted by Gasteiger charge is -2.45. The molecule has 0 spiro atoms. The molecule has 6 unspecified atom stereocenters. The van der Waals surface area contributed by atoms with Crippen LogP contribution in [0.3, 0.4) is 0 Å². The normalized spacial score (nSPS) is 35.1. The second-order valence-corrected chi connectivity index (χ2v) is 14.8. The molecule has 0 aromatic carbocycles. The number of nitrogens with zero attached hydrogens (tertiary/aromatic N) is 2. The van der Waals surface area contributed by atoms with Crippen LogP contribution in [-0.4, -0.2) is 118 Å². The van der Waals surface area contributed by atoms with Gasteiger partial charge in [-0.15, -0.1) is 0 Å². The zero-order chi connectivity index (χ0) is 28.9. The van der Waals surface area contributed by atoms with Crippen LogP contribution in [0.2, 0.25) is 0 Å². The fourth-order valence-electron chi connectivity index (χ4n) is 7.02. The molecule has 0 saturated carbocycles. The Hall–Kier alpha value is -0.930. The summed E-state index contributed by atoms with van der Waals surface area (Å²) in [6.07, 6.45) is 3.02. The van der Waals surface area contributed by atoms with Gasteiger partial charge in [-0.2, -0.15) is 4.31 Å². The highest BCUT2D eigenvalue weighted by atomic mass is 32.2. The van der Waals surface area contributed by atoms with E-state index in [1.54, 1.807) is 4.31 Å². The Balaban J connectivity index is 1.40. The van der Waals surface area contributed by atoms with Crippen LogP contribution < -0.4 is 27.4 Å². The highest BCUT2D eigenvalue weighted by Gasteiger charge is 2.42. The number of rotatable bonds is 8. The fourth-order valence-corrected chi connectivity index (χ4v) is 8.90. The van der Waals surface area contributed by atoms with Crippen molar-refractivity contribution < 1.29 is 22.3 Å². The summed E-state index contributed by atoms with van der Waals surface area (Å²) in [4.78, 5) is 16.1. The molecule has 0 aromatic rings. The quantitative estimate of drug-likeness (QED) is 0.240. The number of morpholine rings is 1. The van der Waals surface area contributed by atoms with Crippen molar-refractivity contribution in [3.8, 4) is 0 Å². The first kappa shape index (κ1) is 32.0. The molecule has 13 heteroatoms. The first-order chi connectivity index (χ1) is 19.0. The number of piperidine rings is 2. The number of likely N-dealkylation sites (tertiary alicyclic amines) is 1.